The van der Waals surface area contributed by atoms with Gasteiger partial charge < -0.3 is 10.4 Å². The third kappa shape index (κ3) is 2.22. The number of hydrogen-bond donors (Lipinski definition) is 2. The third-order valence-corrected chi connectivity index (χ3v) is 2.38. The zero-order valence-electron chi connectivity index (χ0n) is 7.94. The van der Waals surface area contributed by atoms with Gasteiger partial charge in [-0.3, -0.25) is 0 Å². The van der Waals surface area contributed by atoms with E-state index in [0.717, 1.165) is 5.69 Å². The Bertz CT molecular complexity index is 427. The molecule has 0 aliphatic carbocycles. The minimum atomic E-state index is 0.206. The van der Waals surface area contributed by atoms with E-state index >= 15 is 0 Å². The van der Waals surface area contributed by atoms with Crippen molar-refractivity contribution in [2.75, 3.05) is 5.32 Å². The van der Waals surface area contributed by atoms with Crippen LogP contribution in [0.25, 0.3) is 0 Å². The Morgan fingerprint density at radius 3 is 2.13 bits per heavy atom. The van der Waals surface area contributed by atoms with Gasteiger partial charge in [0.1, 0.15) is 5.75 Å². The maximum absolute atomic E-state index is 9.56. The minimum Gasteiger partial charge on any atom is -0.506 e. The van der Waals surface area contributed by atoms with Gasteiger partial charge in [-0.2, -0.15) is 0 Å². The first-order valence-corrected chi connectivity index (χ1v) is 4.95. The van der Waals surface area contributed by atoms with E-state index < -0.39 is 0 Å². The smallest absolute Gasteiger partial charge is 0.139 e. The number of aromatic hydroxyl groups is 1. The summed E-state index contributed by atoms with van der Waals surface area (Å²) < 4.78 is 0. The lowest BCUT2D eigenvalue weighted by molar-refractivity contribution is 0.478. The van der Waals surface area contributed by atoms with Gasteiger partial charge in [0, 0.05) is 0 Å². The van der Waals surface area contributed by atoms with Gasteiger partial charge in [0.2, 0.25) is 0 Å². The Kier molecular flexibility index (Phi) is 2.79. The van der Waals surface area contributed by atoms with Crippen molar-refractivity contribution in [1.82, 2.24) is 0 Å². The van der Waals surface area contributed by atoms with Gasteiger partial charge in [-0.25, -0.2) is 0 Å². The van der Waals surface area contributed by atoms with E-state index in [1.54, 1.807) is 24.3 Å². The van der Waals surface area contributed by atoms with Crippen molar-refractivity contribution in [1.29, 1.82) is 0 Å². The Hall–Kier alpha value is -1.67. The molecule has 3 heteroatoms. The van der Waals surface area contributed by atoms with E-state index in [2.05, 4.69) is 5.32 Å². The van der Waals surface area contributed by atoms with Gasteiger partial charge in [0.15, 0.2) is 0 Å². The highest BCUT2D eigenvalue weighted by atomic mass is 35.5. The molecule has 0 aromatic heterocycles. The van der Waals surface area contributed by atoms with Crippen molar-refractivity contribution < 1.29 is 5.11 Å². The standard InChI is InChI=1S/C12H10ClNO/c13-9-5-1-2-6-10(9)14-11-7-3-4-8-12(11)15/h1-8,14-15H. The van der Waals surface area contributed by atoms with Crippen LogP contribution in [-0.2, 0) is 0 Å². The molecular formula is C12H10ClNO. The first-order valence-electron chi connectivity index (χ1n) is 4.57. The Morgan fingerprint density at radius 2 is 1.47 bits per heavy atom. The summed E-state index contributed by atoms with van der Waals surface area (Å²) in [7, 11) is 0. The average Bonchev–Trinajstić information content (AvgIpc) is 2.24. The molecule has 0 aliphatic heterocycles. The molecule has 0 spiro atoms. The van der Waals surface area contributed by atoms with Crippen molar-refractivity contribution in [3.05, 3.63) is 53.6 Å². The highest BCUT2D eigenvalue weighted by molar-refractivity contribution is 6.33. The molecule has 0 saturated carbocycles. The van der Waals surface area contributed by atoms with Crippen molar-refractivity contribution in [3.8, 4) is 5.75 Å². The van der Waals surface area contributed by atoms with Crippen molar-refractivity contribution in [2.45, 2.75) is 0 Å². The number of rotatable bonds is 2. The SMILES string of the molecule is Oc1ccccc1Nc1ccccc1Cl. The number of phenolic OH excluding ortho intramolecular Hbond substituents is 1. The van der Waals surface area contributed by atoms with E-state index in [1.807, 2.05) is 24.3 Å². The highest BCUT2D eigenvalue weighted by Gasteiger charge is 2.02. The lowest BCUT2D eigenvalue weighted by Gasteiger charge is -2.09. The molecule has 0 aliphatic rings. The summed E-state index contributed by atoms with van der Waals surface area (Å²) in [6.45, 7) is 0. The van der Waals surface area contributed by atoms with Gasteiger partial charge in [0.25, 0.3) is 0 Å². The fourth-order valence-electron chi connectivity index (χ4n) is 1.29. The average molecular weight is 220 g/mol. The molecule has 15 heavy (non-hydrogen) atoms. The van der Waals surface area contributed by atoms with Gasteiger partial charge in [-0.1, -0.05) is 35.9 Å². The first kappa shape index (κ1) is 9.87. The second-order valence-electron chi connectivity index (χ2n) is 3.12. The molecule has 2 rings (SSSR count). The van der Waals surface area contributed by atoms with Crippen LogP contribution in [-0.4, -0.2) is 5.11 Å². The summed E-state index contributed by atoms with van der Waals surface area (Å²) in [6, 6.07) is 14.4. The summed E-state index contributed by atoms with van der Waals surface area (Å²) in [6.07, 6.45) is 0. The molecule has 0 radical (unpaired) electrons. The Balaban J connectivity index is 2.30. The molecule has 2 aromatic carbocycles. The second-order valence-corrected chi connectivity index (χ2v) is 3.53. The van der Waals surface area contributed by atoms with E-state index in [0.29, 0.717) is 10.7 Å². The van der Waals surface area contributed by atoms with Crippen LogP contribution in [0.15, 0.2) is 48.5 Å². The summed E-state index contributed by atoms with van der Waals surface area (Å²) in [4.78, 5) is 0. The number of benzene rings is 2. The van der Waals surface area contributed by atoms with Crippen LogP contribution in [0.3, 0.4) is 0 Å². The second kappa shape index (κ2) is 4.24. The molecular weight excluding hydrogens is 210 g/mol. The van der Waals surface area contributed by atoms with Crippen LogP contribution in [0.1, 0.15) is 0 Å². The van der Waals surface area contributed by atoms with Crippen LogP contribution in [0.2, 0.25) is 5.02 Å². The van der Waals surface area contributed by atoms with Gasteiger partial charge >= 0.3 is 0 Å². The third-order valence-electron chi connectivity index (χ3n) is 2.05. The molecule has 0 bridgehead atoms. The molecule has 2 aromatic rings. The largest absolute Gasteiger partial charge is 0.506 e. The maximum atomic E-state index is 9.56. The van der Waals surface area contributed by atoms with E-state index in [4.69, 9.17) is 11.6 Å². The molecule has 0 fully saturated rings. The quantitative estimate of drug-likeness (QED) is 0.754. The van der Waals surface area contributed by atoms with Crippen LogP contribution < -0.4 is 5.32 Å². The molecule has 76 valence electrons. The number of phenols is 1. The van der Waals surface area contributed by atoms with Gasteiger partial charge in [-0.05, 0) is 24.3 Å². The summed E-state index contributed by atoms with van der Waals surface area (Å²) >= 11 is 5.98. The zero-order chi connectivity index (χ0) is 10.7. The van der Waals surface area contributed by atoms with Crippen molar-refractivity contribution in [2.24, 2.45) is 0 Å². The van der Waals surface area contributed by atoms with E-state index in [-0.39, 0.29) is 5.75 Å². The molecule has 0 amide bonds. The van der Waals surface area contributed by atoms with Crippen LogP contribution in [0.4, 0.5) is 11.4 Å². The molecule has 0 saturated heterocycles. The van der Waals surface area contributed by atoms with Crippen molar-refractivity contribution >= 4 is 23.0 Å². The van der Waals surface area contributed by atoms with Crippen molar-refractivity contribution in [3.63, 3.8) is 0 Å². The van der Waals surface area contributed by atoms with E-state index in [9.17, 15) is 5.11 Å². The number of halogens is 1. The monoisotopic (exact) mass is 219 g/mol. The van der Waals surface area contributed by atoms with Crippen LogP contribution in [0.5, 0.6) is 5.75 Å². The van der Waals surface area contributed by atoms with Gasteiger partial charge in [0.05, 0.1) is 16.4 Å². The fourth-order valence-corrected chi connectivity index (χ4v) is 1.47. The lowest BCUT2D eigenvalue weighted by atomic mass is 10.2. The maximum Gasteiger partial charge on any atom is 0.139 e. The first-order chi connectivity index (χ1) is 7.27. The topological polar surface area (TPSA) is 32.3 Å². The number of nitrogens with one attached hydrogen (secondary N) is 1. The van der Waals surface area contributed by atoms with Crippen LogP contribution >= 0.6 is 11.6 Å². The molecule has 0 heterocycles. The summed E-state index contributed by atoms with van der Waals surface area (Å²) in [5.74, 6) is 0.206. The predicted molar refractivity (Wildman–Crippen MR) is 62.8 cm³/mol. The highest BCUT2D eigenvalue weighted by Crippen LogP contribution is 2.29. The number of anilines is 2. The Labute approximate surface area is 93.1 Å². The zero-order valence-corrected chi connectivity index (χ0v) is 8.70. The molecule has 0 unspecified atom stereocenters. The lowest BCUT2D eigenvalue weighted by Crippen LogP contribution is -1.90. The molecule has 2 nitrogen and oxygen atoms in total. The number of hydrogen-bond acceptors (Lipinski definition) is 2. The summed E-state index contributed by atoms with van der Waals surface area (Å²) in [5.41, 5.74) is 1.42. The Morgan fingerprint density at radius 1 is 0.867 bits per heavy atom. The van der Waals surface area contributed by atoms with Gasteiger partial charge in [-0.15, -0.1) is 0 Å². The molecule has 2 N–H and O–H groups in total. The van der Waals surface area contributed by atoms with E-state index in [1.165, 1.54) is 0 Å². The summed E-state index contributed by atoms with van der Waals surface area (Å²) in [5, 5.41) is 13.2. The number of para-hydroxylation sites is 3. The van der Waals surface area contributed by atoms with Crippen LogP contribution in [0, 0.1) is 0 Å². The normalized spacial score (nSPS) is 9.93. The fraction of sp³-hybridized carbons (Fsp3) is 0. The minimum absolute atomic E-state index is 0.206. The molecule has 0 atom stereocenters. The predicted octanol–water partition coefficient (Wildman–Crippen LogP) is 3.79.